The van der Waals surface area contributed by atoms with Gasteiger partial charge >= 0.3 is 0 Å². The summed E-state index contributed by atoms with van der Waals surface area (Å²) in [5, 5.41) is 14.8. The molecule has 8 heteroatoms. The molecular formula is C20H20N4O2S2. The van der Waals surface area contributed by atoms with Crippen molar-refractivity contribution >= 4 is 45.7 Å². The van der Waals surface area contributed by atoms with Crippen LogP contribution in [0.1, 0.15) is 27.9 Å². The highest BCUT2D eigenvalue weighted by atomic mass is 32.2. The Bertz CT molecular complexity index is 944. The van der Waals surface area contributed by atoms with Gasteiger partial charge in [-0.2, -0.15) is 0 Å². The number of aromatic nitrogens is 2. The second-order valence-electron chi connectivity index (χ2n) is 5.88. The molecular weight excluding hydrogens is 392 g/mol. The third kappa shape index (κ3) is 5.64. The third-order valence-electron chi connectivity index (χ3n) is 3.78. The Balaban J connectivity index is 1.58. The zero-order chi connectivity index (χ0) is 19.8. The number of para-hydroxylation sites is 1. The van der Waals surface area contributed by atoms with Gasteiger partial charge in [0.25, 0.3) is 5.91 Å². The van der Waals surface area contributed by atoms with Crippen molar-refractivity contribution in [2.75, 3.05) is 16.4 Å². The summed E-state index contributed by atoms with van der Waals surface area (Å²) in [7, 11) is 0. The van der Waals surface area contributed by atoms with E-state index < -0.39 is 0 Å². The molecule has 2 aromatic carbocycles. The van der Waals surface area contributed by atoms with Gasteiger partial charge in [0.1, 0.15) is 5.01 Å². The van der Waals surface area contributed by atoms with Crippen LogP contribution in [0.2, 0.25) is 0 Å². The van der Waals surface area contributed by atoms with E-state index in [1.54, 1.807) is 24.3 Å². The highest BCUT2D eigenvalue weighted by Gasteiger charge is 2.15. The topological polar surface area (TPSA) is 84.0 Å². The highest BCUT2D eigenvalue weighted by Crippen LogP contribution is 2.20. The fourth-order valence-corrected chi connectivity index (χ4v) is 3.89. The van der Waals surface area contributed by atoms with E-state index in [1.807, 2.05) is 37.3 Å². The minimum Gasteiger partial charge on any atom is -0.325 e. The van der Waals surface area contributed by atoms with Crippen molar-refractivity contribution in [3.63, 3.8) is 0 Å². The molecule has 2 amide bonds. The summed E-state index contributed by atoms with van der Waals surface area (Å²) >= 11 is 2.87. The standard InChI is InChI=1S/C20H20N4O2S2/c1-2-18-23-24-20(28-18)22-19(26)15-10-6-7-11-16(15)21-17(25)13-27-12-14-8-4-3-5-9-14/h3-11H,2,12-13H2,1H3,(H,21,25)(H,22,24,26). The molecule has 0 spiro atoms. The normalized spacial score (nSPS) is 10.5. The number of amides is 2. The Kier molecular flexibility index (Phi) is 7.16. The van der Waals surface area contributed by atoms with Crippen LogP contribution in [0, 0.1) is 0 Å². The van der Waals surface area contributed by atoms with E-state index in [-0.39, 0.29) is 11.8 Å². The second kappa shape index (κ2) is 10.0. The zero-order valence-electron chi connectivity index (χ0n) is 15.3. The molecule has 0 unspecified atom stereocenters. The van der Waals surface area contributed by atoms with Gasteiger partial charge in [0, 0.05) is 5.75 Å². The number of benzene rings is 2. The Morgan fingerprint density at radius 1 is 1.00 bits per heavy atom. The molecule has 0 saturated heterocycles. The summed E-state index contributed by atoms with van der Waals surface area (Å²) in [4.78, 5) is 24.9. The number of carbonyl (C=O) groups excluding carboxylic acids is 2. The van der Waals surface area contributed by atoms with Crippen molar-refractivity contribution in [1.82, 2.24) is 10.2 Å². The van der Waals surface area contributed by atoms with Crippen LogP contribution in [-0.4, -0.2) is 27.8 Å². The van der Waals surface area contributed by atoms with Crippen LogP contribution >= 0.6 is 23.1 Å². The number of carbonyl (C=O) groups is 2. The maximum atomic E-state index is 12.6. The van der Waals surface area contributed by atoms with Crippen LogP contribution in [0.5, 0.6) is 0 Å². The molecule has 3 rings (SSSR count). The average Bonchev–Trinajstić information content (AvgIpc) is 3.16. The van der Waals surface area contributed by atoms with Gasteiger partial charge in [0.2, 0.25) is 11.0 Å². The molecule has 1 aromatic heterocycles. The third-order valence-corrected chi connectivity index (χ3v) is 5.77. The first-order valence-electron chi connectivity index (χ1n) is 8.80. The number of rotatable bonds is 8. The first kappa shape index (κ1) is 20.0. The second-order valence-corrected chi connectivity index (χ2v) is 7.93. The molecule has 6 nitrogen and oxygen atoms in total. The molecule has 3 aromatic rings. The van der Waals surface area contributed by atoms with E-state index >= 15 is 0 Å². The van der Waals surface area contributed by atoms with Gasteiger partial charge in [0.05, 0.1) is 17.0 Å². The minimum atomic E-state index is -0.327. The number of thioether (sulfide) groups is 1. The van der Waals surface area contributed by atoms with Gasteiger partial charge in [-0.15, -0.1) is 22.0 Å². The Morgan fingerprint density at radius 3 is 2.50 bits per heavy atom. The molecule has 0 aliphatic carbocycles. The predicted molar refractivity (Wildman–Crippen MR) is 115 cm³/mol. The van der Waals surface area contributed by atoms with Gasteiger partial charge in [0.15, 0.2) is 0 Å². The van der Waals surface area contributed by atoms with E-state index in [0.717, 1.165) is 17.2 Å². The first-order valence-corrected chi connectivity index (χ1v) is 10.8. The summed E-state index contributed by atoms with van der Waals surface area (Å²) in [6, 6.07) is 16.9. The van der Waals surface area contributed by atoms with Gasteiger partial charge in [-0.3, -0.25) is 14.9 Å². The largest absolute Gasteiger partial charge is 0.325 e. The molecule has 2 N–H and O–H groups in total. The summed E-state index contributed by atoms with van der Waals surface area (Å²) in [6.45, 7) is 1.98. The van der Waals surface area contributed by atoms with Gasteiger partial charge < -0.3 is 5.32 Å². The minimum absolute atomic E-state index is 0.148. The van der Waals surface area contributed by atoms with Gasteiger partial charge in [-0.25, -0.2) is 0 Å². The smallest absolute Gasteiger partial charge is 0.259 e. The molecule has 0 aliphatic rings. The fraction of sp³-hybridized carbons (Fsp3) is 0.200. The van der Waals surface area contributed by atoms with Crippen molar-refractivity contribution in [3.05, 3.63) is 70.7 Å². The van der Waals surface area contributed by atoms with Crippen molar-refractivity contribution in [3.8, 4) is 0 Å². The number of nitrogens with zero attached hydrogens (tertiary/aromatic N) is 2. The van der Waals surface area contributed by atoms with Crippen LogP contribution in [0.3, 0.4) is 0 Å². The lowest BCUT2D eigenvalue weighted by Gasteiger charge is -2.10. The van der Waals surface area contributed by atoms with Gasteiger partial charge in [-0.05, 0) is 24.1 Å². The van der Waals surface area contributed by atoms with E-state index in [1.165, 1.54) is 28.7 Å². The maximum absolute atomic E-state index is 12.6. The Labute approximate surface area is 171 Å². The lowest BCUT2D eigenvalue weighted by Crippen LogP contribution is -2.19. The van der Waals surface area contributed by atoms with Crippen molar-refractivity contribution in [2.45, 2.75) is 19.1 Å². The Morgan fingerprint density at radius 2 is 1.75 bits per heavy atom. The monoisotopic (exact) mass is 412 g/mol. The fourth-order valence-electron chi connectivity index (χ4n) is 2.42. The van der Waals surface area contributed by atoms with Crippen LogP contribution in [0.4, 0.5) is 10.8 Å². The average molecular weight is 413 g/mol. The SMILES string of the molecule is CCc1nnc(NC(=O)c2ccccc2NC(=O)CSCc2ccccc2)s1. The van der Waals surface area contributed by atoms with Crippen molar-refractivity contribution in [2.24, 2.45) is 0 Å². The number of anilines is 2. The molecule has 144 valence electrons. The molecule has 0 bridgehead atoms. The molecule has 0 saturated carbocycles. The maximum Gasteiger partial charge on any atom is 0.259 e. The number of hydrogen-bond acceptors (Lipinski definition) is 6. The summed E-state index contributed by atoms with van der Waals surface area (Å²) in [5.74, 6) is 0.589. The lowest BCUT2D eigenvalue weighted by atomic mass is 10.1. The van der Waals surface area contributed by atoms with Crippen LogP contribution in [-0.2, 0) is 17.0 Å². The molecule has 0 aliphatic heterocycles. The summed E-state index contributed by atoms with van der Waals surface area (Å²) in [6.07, 6.45) is 0.765. The number of hydrogen-bond donors (Lipinski definition) is 2. The van der Waals surface area contributed by atoms with E-state index in [0.29, 0.717) is 22.1 Å². The van der Waals surface area contributed by atoms with Crippen LogP contribution in [0.15, 0.2) is 54.6 Å². The lowest BCUT2D eigenvalue weighted by molar-refractivity contribution is -0.113. The van der Waals surface area contributed by atoms with Crippen molar-refractivity contribution < 1.29 is 9.59 Å². The molecule has 0 fully saturated rings. The van der Waals surface area contributed by atoms with Crippen LogP contribution in [0.25, 0.3) is 0 Å². The quantitative estimate of drug-likeness (QED) is 0.579. The van der Waals surface area contributed by atoms with E-state index in [2.05, 4.69) is 20.8 Å². The van der Waals surface area contributed by atoms with E-state index in [9.17, 15) is 9.59 Å². The summed E-state index contributed by atoms with van der Waals surface area (Å²) < 4.78 is 0. The van der Waals surface area contributed by atoms with Gasteiger partial charge in [-0.1, -0.05) is 60.7 Å². The number of nitrogens with one attached hydrogen (secondary N) is 2. The van der Waals surface area contributed by atoms with E-state index in [4.69, 9.17) is 0 Å². The molecule has 1 heterocycles. The molecule has 28 heavy (non-hydrogen) atoms. The number of aryl methyl sites for hydroxylation is 1. The van der Waals surface area contributed by atoms with Crippen LogP contribution < -0.4 is 10.6 Å². The Hall–Kier alpha value is -2.71. The first-order chi connectivity index (χ1) is 13.7. The predicted octanol–water partition coefficient (Wildman–Crippen LogP) is 4.22. The highest BCUT2D eigenvalue weighted by molar-refractivity contribution is 7.99. The van der Waals surface area contributed by atoms with Crippen molar-refractivity contribution in [1.29, 1.82) is 0 Å². The zero-order valence-corrected chi connectivity index (χ0v) is 17.0. The summed E-state index contributed by atoms with van der Waals surface area (Å²) in [5.41, 5.74) is 2.03. The molecule has 0 radical (unpaired) electrons. The molecule has 0 atom stereocenters.